The molecular formula is C20H14Cl2F4N2S. The molecule has 1 unspecified atom stereocenters. The van der Waals surface area contributed by atoms with Gasteiger partial charge in [0.2, 0.25) is 0 Å². The van der Waals surface area contributed by atoms with E-state index in [1.54, 1.807) is 30.0 Å². The SMILES string of the molecule is Fc1cc(C(F)(F)F)ccc1C#CCC(NC1=NCCS1)c1cccc(Cl)c1Cl. The van der Waals surface area contributed by atoms with Crippen LogP contribution < -0.4 is 5.32 Å². The summed E-state index contributed by atoms with van der Waals surface area (Å²) in [5.74, 6) is 5.26. The maximum Gasteiger partial charge on any atom is 0.416 e. The normalized spacial score (nSPS) is 14.8. The zero-order valence-electron chi connectivity index (χ0n) is 14.8. The van der Waals surface area contributed by atoms with Gasteiger partial charge in [-0.1, -0.05) is 58.9 Å². The molecule has 0 aromatic heterocycles. The molecule has 2 nitrogen and oxygen atoms in total. The number of amidine groups is 1. The first kappa shape index (κ1) is 21.8. The summed E-state index contributed by atoms with van der Waals surface area (Å²) in [6, 6.07) is 7.12. The Labute approximate surface area is 179 Å². The van der Waals surface area contributed by atoms with Crippen molar-refractivity contribution >= 4 is 40.1 Å². The second kappa shape index (κ2) is 9.29. The highest BCUT2D eigenvalue weighted by molar-refractivity contribution is 8.14. The fourth-order valence-corrected chi connectivity index (χ4v) is 3.86. The highest BCUT2D eigenvalue weighted by Gasteiger charge is 2.31. The van der Waals surface area contributed by atoms with Crippen LogP contribution in [0.15, 0.2) is 41.4 Å². The lowest BCUT2D eigenvalue weighted by Crippen LogP contribution is -2.25. The number of rotatable bonds is 3. The molecule has 152 valence electrons. The molecule has 3 rings (SSSR count). The van der Waals surface area contributed by atoms with Gasteiger partial charge in [-0.2, -0.15) is 13.2 Å². The number of nitrogens with zero attached hydrogens (tertiary/aromatic N) is 1. The number of alkyl halides is 3. The molecule has 29 heavy (non-hydrogen) atoms. The summed E-state index contributed by atoms with van der Waals surface area (Å²) in [4.78, 5) is 4.34. The van der Waals surface area contributed by atoms with E-state index in [1.807, 2.05) is 0 Å². The van der Waals surface area contributed by atoms with Crippen molar-refractivity contribution in [1.82, 2.24) is 5.32 Å². The lowest BCUT2D eigenvalue weighted by Gasteiger charge is -2.19. The van der Waals surface area contributed by atoms with Crippen LogP contribution in [0, 0.1) is 17.7 Å². The third-order valence-electron chi connectivity index (χ3n) is 4.07. The van der Waals surface area contributed by atoms with Crippen molar-refractivity contribution in [3.63, 3.8) is 0 Å². The van der Waals surface area contributed by atoms with E-state index in [0.29, 0.717) is 28.2 Å². The van der Waals surface area contributed by atoms with Crippen LogP contribution in [-0.4, -0.2) is 17.5 Å². The van der Waals surface area contributed by atoms with Crippen LogP contribution in [-0.2, 0) is 6.18 Å². The molecule has 9 heteroatoms. The number of benzene rings is 2. The van der Waals surface area contributed by atoms with Gasteiger partial charge in [-0.25, -0.2) is 4.39 Å². The molecule has 1 aliphatic rings. The summed E-state index contributed by atoms with van der Waals surface area (Å²) in [5, 5.41) is 4.76. The van der Waals surface area contributed by atoms with Gasteiger partial charge in [0.1, 0.15) is 5.82 Å². The molecule has 0 bridgehead atoms. The molecule has 0 aliphatic carbocycles. The number of hydrogen-bond donors (Lipinski definition) is 1. The smallest absolute Gasteiger partial charge is 0.357 e. The molecule has 1 atom stereocenters. The molecule has 0 saturated heterocycles. The zero-order chi connectivity index (χ0) is 21.0. The van der Waals surface area contributed by atoms with Gasteiger partial charge >= 0.3 is 6.18 Å². The topological polar surface area (TPSA) is 24.4 Å². The van der Waals surface area contributed by atoms with Crippen LogP contribution in [0.1, 0.15) is 29.2 Å². The third-order valence-corrected chi connectivity index (χ3v) is 5.81. The maximum atomic E-state index is 14.0. The van der Waals surface area contributed by atoms with Crippen molar-refractivity contribution in [3.8, 4) is 11.8 Å². The number of halogens is 6. The molecular weight excluding hydrogens is 447 g/mol. The molecule has 1 aliphatic heterocycles. The lowest BCUT2D eigenvalue weighted by atomic mass is 10.0. The van der Waals surface area contributed by atoms with Crippen LogP contribution in [0.3, 0.4) is 0 Å². The van der Waals surface area contributed by atoms with Crippen molar-refractivity contribution in [2.75, 3.05) is 12.3 Å². The second-order valence-electron chi connectivity index (χ2n) is 6.07. The predicted molar refractivity (Wildman–Crippen MR) is 110 cm³/mol. The van der Waals surface area contributed by atoms with Crippen LogP contribution >= 0.6 is 35.0 Å². The number of hydrogen-bond acceptors (Lipinski definition) is 3. The Bertz CT molecular complexity index is 996. The van der Waals surface area contributed by atoms with E-state index >= 15 is 0 Å². The molecule has 2 aromatic rings. The van der Waals surface area contributed by atoms with E-state index < -0.39 is 17.6 Å². The van der Waals surface area contributed by atoms with Crippen LogP contribution in [0.5, 0.6) is 0 Å². The van der Waals surface area contributed by atoms with Gasteiger partial charge < -0.3 is 5.32 Å². The van der Waals surface area contributed by atoms with Crippen LogP contribution in [0.4, 0.5) is 17.6 Å². The molecule has 0 spiro atoms. The van der Waals surface area contributed by atoms with Crippen molar-refractivity contribution in [1.29, 1.82) is 0 Å². The zero-order valence-corrected chi connectivity index (χ0v) is 17.1. The van der Waals surface area contributed by atoms with Crippen molar-refractivity contribution < 1.29 is 17.6 Å². The van der Waals surface area contributed by atoms with Gasteiger partial charge in [-0.05, 0) is 29.8 Å². The van der Waals surface area contributed by atoms with Crippen molar-refractivity contribution in [3.05, 3.63) is 69.0 Å². The Kier molecular flexibility index (Phi) is 6.99. The average molecular weight is 461 g/mol. The standard InChI is InChI=1S/C20H14Cl2F4N2S/c21-15-5-2-4-14(18(15)22)17(28-19-27-9-10-29-19)6-1-3-12-7-8-13(11-16(12)23)20(24,25)26/h2,4-5,7-8,11,17H,6,9-10H2,(H,27,28). The minimum Gasteiger partial charge on any atom is -0.357 e. The van der Waals surface area contributed by atoms with Gasteiger partial charge in [0.15, 0.2) is 5.17 Å². The van der Waals surface area contributed by atoms with Crippen molar-refractivity contribution in [2.45, 2.75) is 18.6 Å². The summed E-state index contributed by atoms with van der Waals surface area (Å²) in [6.07, 6.45) is -4.38. The molecule has 1 heterocycles. The average Bonchev–Trinajstić information content (AvgIpc) is 3.17. The van der Waals surface area contributed by atoms with Gasteiger partial charge in [-0.15, -0.1) is 0 Å². The second-order valence-corrected chi connectivity index (χ2v) is 7.94. The quantitative estimate of drug-likeness (QED) is 0.427. The lowest BCUT2D eigenvalue weighted by molar-refractivity contribution is -0.137. The minimum absolute atomic E-state index is 0.110. The van der Waals surface area contributed by atoms with E-state index in [-0.39, 0.29) is 18.0 Å². The third kappa shape index (κ3) is 5.59. The Morgan fingerprint density at radius 3 is 2.66 bits per heavy atom. The largest absolute Gasteiger partial charge is 0.416 e. The minimum atomic E-state index is -4.61. The van der Waals surface area contributed by atoms with E-state index in [4.69, 9.17) is 23.2 Å². The molecule has 1 N–H and O–H groups in total. The Morgan fingerprint density at radius 2 is 2.00 bits per heavy atom. The van der Waals surface area contributed by atoms with E-state index in [9.17, 15) is 17.6 Å². The monoisotopic (exact) mass is 460 g/mol. The molecule has 0 amide bonds. The van der Waals surface area contributed by atoms with Gasteiger partial charge in [0, 0.05) is 12.2 Å². The Morgan fingerprint density at radius 1 is 1.21 bits per heavy atom. The summed E-state index contributed by atoms with van der Waals surface area (Å²) in [5.41, 5.74) is -0.458. The predicted octanol–water partition coefficient (Wildman–Crippen LogP) is 6.33. The van der Waals surface area contributed by atoms with Gasteiger partial charge in [0.25, 0.3) is 0 Å². The van der Waals surface area contributed by atoms with Gasteiger partial charge in [-0.3, -0.25) is 4.99 Å². The van der Waals surface area contributed by atoms with E-state index in [2.05, 4.69) is 22.2 Å². The summed E-state index contributed by atoms with van der Waals surface area (Å²) in [6.45, 7) is 0.700. The molecule has 2 aromatic carbocycles. The Hall–Kier alpha value is -1.88. The first-order valence-electron chi connectivity index (χ1n) is 8.49. The molecule has 0 saturated carbocycles. The summed E-state index contributed by atoms with van der Waals surface area (Å²) >= 11 is 14.0. The highest BCUT2D eigenvalue weighted by Crippen LogP contribution is 2.32. The number of thioether (sulfide) groups is 1. The first-order chi connectivity index (χ1) is 13.8. The fourth-order valence-electron chi connectivity index (χ4n) is 2.64. The van der Waals surface area contributed by atoms with Gasteiger partial charge in [0.05, 0.1) is 33.8 Å². The van der Waals surface area contributed by atoms with Crippen LogP contribution in [0.2, 0.25) is 10.0 Å². The Balaban J connectivity index is 1.83. The summed E-state index contributed by atoms with van der Waals surface area (Å²) < 4.78 is 52.0. The summed E-state index contributed by atoms with van der Waals surface area (Å²) in [7, 11) is 0. The highest BCUT2D eigenvalue weighted by atomic mass is 35.5. The fraction of sp³-hybridized carbons (Fsp3) is 0.250. The van der Waals surface area contributed by atoms with E-state index in [1.165, 1.54) is 0 Å². The maximum absolute atomic E-state index is 14.0. The molecule has 0 radical (unpaired) electrons. The van der Waals surface area contributed by atoms with Crippen molar-refractivity contribution in [2.24, 2.45) is 4.99 Å². The van der Waals surface area contributed by atoms with Crippen LogP contribution in [0.25, 0.3) is 0 Å². The molecule has 0 fully saturated rings. The first-order valence-corrected chi connectivity index (χ1v) is 10.2. The number of aliphatic imine (C=N–C) groups is 1. The number of nitrogens with one attached hydrogen (secondary N) is 1. The van der Waals surface area contributed by atoms with E-state index in [0.717, 1.165) is 23.1 Å².